The van der Waals surface area contributed by atoms with Crippen LogP contribution in [0.25, 0.3) is 0 Å². The molecule has 0 aliphatic carbocycles. The number of likely N-dealkylation sites (N-methyl/N-ethyl adjacent to an activating group) is 1. The summed E-state index contributed by atoms with van der Waals surface area (Å²) in [6, 6.07) is 8.15. The van der Waals surface area contributed by atoms with Crippen LogP contribution in [0, 0.1) is 0 Å². The number of hydrogen-bond donors (Lipinski definition) is 0. The second kappa shape index (κ2) is 8.48. The SMILES string of the molecule is CCC1CN(C2CCN(C(=O)CN(C)S(=O)(=O)c3ccccc3)CC2)C(=O)O1. The lowest BCUT2D eigenvalue weighted by molar-refractivity contribution is -0.132. The van der Waals surface area contributed by atoms with E-state index in [4.69, 9.17) is 4.74 Å². The standard InChI is InChI=1S/C19H27N3O5S/c1-3-16-13-22(19(24)27-16)15-9-11-21(12-10-15)18(23)14-20(2)28(25,26)17-7-5-4-6-8-17/h4-8,15-16H,3,9-14H2,1-2H3. The van der Waals surface area contributed by atoms with E-state index in [1.54, 1.807) is 28.0 Å². The molecule has 1 unspecified atom stereocenters. The highest BCUT2D eigenvalue weighted by atomic mass is 32.2. The highest BCUT2D eigenvalue weighted by Gasteiger charge is 2.37. The molecule has 0 aromatic heterocycles. The van der Waals surface area contributed by atoms with Crippen LogP contribution in [0.5, 0.6) is 0 Å². The first-order chi connectivity index (χ1) is 13.3. The van der Waals surface area contributed by atoms with Crippen molar-refractivity contribution in [2.75, 3.05) is 33.2 Å². The molecule has 0 bridgehead atoms. The predicted molar refractivity (Wildman–Crippen MR) is 103 cm³/mol. The Labute approximate surface area is 166 Å². The molecule has 8 nitrogen and oxygen atoms in total. The topological polar surface area (TPSA) is 87.2 Å². The number of carbonyl (C=O) groups is 2. The van der Waals surface area contributed by atoms with Crippen molar-refractivity contribution in [2.24, 2.45) is 0 Å². The molecule has 0 radical (unpaired) electrons. The van der Waals surface area contributed by atoms with Crippen LogP contribution in [-0.4, -0.2) is 79.9 Å². The number of sulfonamides is 1. The Balaban J connectivity index is 1.53. The molecule has 0 spiro atoms. The fourth-order valence-corrected chi connectivity index (χ4v) is 4.77. The van der Waals surface area contributed by atoms with Crippen LogP contribution in [0.3, 0.4) is 0 Å². The van der Waals surface area contributed by atoms with Gasteiger partial charge in [-0.25, -0.2) is 13.2 Å². The summed E-state index contributed by atoms with van der Waals surface area (Å²) in [4.78, 5) is 28.2. The number of amides is 2. The molecule has 1 aromatic rings. The van der Waals surface area contributed by atoms with Crippen LogP contribution in [0.15, 0.2) is 35.2 Å². The highest BCUT2D eigenvalue weighted by molar-refractivity contribution is 7.89. The molecule has 2 heterocycles. The largest absolute Gasteiger partial charge is 0.444 e. The van der Waals surface area contributed by atoms with Gasteiger partial charge in [-0.2, -0.15) is 4.31 Å². The average Bonchev–Trinajstić information content (AvgIpc) is 3.09. The van der Waals surface area contributed by atoms with Gasteiger partial charge in [-0.1, -0.05) is 25.1 Å². The average molecular weight is 410 g/mol. The van der Waals surface area contributed by atoms with Gasteiger partial charge in [-0.3, -0.25) is 4.79 Å². The third-order valence-electron chi connectivity index (χ3n) is 5.42. The van der Waals surface area contributed by atoms with Crippen molar-refractivity contribution >= 4 is 22.0 Å². The number of cyclic esters (lactones) is 1. The van der Waals surface area contributed by atoms with E-state index in [1.165, 1.54) is 19.2 Å². The van der Waals surface area contributed by atoms with Gasteiger partial charge < -0.3 is 14.5 Å². The van der Waals surface area contributed by atoms with Gasteiger partial charge in [0.1, 0.15) is 6.10 Å². The van der Waals surface area contributed by atoms with E-state index in [-0.39, 0.29) is 35.6 Å². The summed E-state index contributed by atoms with van der Waals surface area (Å²) in [5.74, 6) is -0.226. The number of ether oxygens (including phenoxy) is 1. The Morgan fingerprint density at radius 3 is 2.43 bits per heavy atom. The fourth-order valence-electron chi connectivity index (χ4n) is 3.63. The number of hydrogen-bond acceptors (Lipinski definition) is 5. The molecule has 0 N–H and O–H groups in total. The van der Waals surface area contributed by atoms with E-state index < -0.39 is 10.0 Å². The monoisotopic (exact) mass is 409 g/mol. The molecule has 3 rings (SSSR count). The van der Waals surface area contributed by atoms with Crippen molar-refractivity contribution in [3.63, 3.8) is 0 Å². The molecular weight excluding hydrogens is 382 g/mol. The van der Waals surface area contributed by atoms with Crippen LogP contribution in [0.1, 0.15) is 26.2 Å². The summed E-state index contributed by atoms with van der Waals surface area (Å²) >= 11 is 0. The van der Waals surface area contributed by atoms with Gasteiger partial charge in [0.15, 0.2) is 0 Å². The zero-order valence-electron chi connectivity index (χ0n) is 16.3. The minimum Gasteiger partial charge on any atom is -0.444 e. The summed E-state index contributed by atoms with van der Waals surface area (Å²) in [5, 5.41) is 0. The summed E-state index contributed by atoms with van der Waals surface area (Å²) < 4.78 is 31.5. The van der Waals surface area contributed by atoms with Gasteiger partial charge in [0.2, 0.25) is 15.9 Å². The second-order valence-electron chi connectivity index (χ2n) is 7.25. The molecule has 2 fully saturated rings. The maximum absolute atomic E-state index is 12.6. The first-order valence-electron chi connectivity index (χ1n) is 9.59. The van der Waals surface area contributed by atoms with Crippen molar-refractivity contribution in [2.45, 2.75) is 43.2 Å². The Morgan fingerprint density at radius 1 is 1.21 bits per heavy atom. The molecule has 1 aromatic carbocycles. The minimum atomic E-state index is -3.70. The Morgan fingerprint density at radius 2 is 1.86 bits per heavy atom. The third-order valence-corrected chi connectivity index (χ3v) is 7.24. The highest BCUT2D eigenvalue weighted by Crippen LogP contribution is 2.24. The second-order valence-corrected chi connectivity index (χ2v) is 9.30. The van der Waals surface area contributed by atoms with Crippen molar-refractivity contribution in [3.05, 3.63) is 30.3 Å². The normalized spacial score (nSPS) is 21.2. The third kappa shape index (κ3) is 4.30. The number of likely N-dealkylation sites (tertiary alicyclic amines) is 1. The molecule has 0 saturated carbocycles. The van der Waals surface area contributed by atoms with Gasteiger partial charge in [0, 0.05) is 26.2 Å². The first kappa shape index (κ1) is 20.6. The minimum absolute atomic E-state index is 0.0518. The Bertz CT molecular complexity index is 806. The number of carbonyl (C=O) groups excluding carboxylic acids is 2. The van der Waals surface area contributed by atoms with E-state index in [0.717, 1.165) is 10.7 Å². The number of nitrogens with zero attached hydrogens (tertiary/aromatic N) is 3. The Hall–Kier alpha value is -2.13. The van der Waals surface area contributed by atoms with Gasteiger partial charge in [0.05, 0.1) is 18.0 Å². The lowest BCUT2D eigenvalue weighted by atomic mass is 10.0. The summed E-state index contributed by atoms with van der Waals surface area (Å²) in [7, 11) is -2.28. The van der Waals surface area contributed by atoms with Gasteiger partial charge in [-0.05, 0) is 31.4 Å². The number of piperidine rings is 1. The lowest BCUT2D eigenvalue weighted by Crippen LogP contribution is -2.49. The van der Waals surface area contributed by atoms with Crippen LogP contribution in [0.4, 0.5) is 4.79 Å². The maximum atomic E-state index is 12.6. The van der Waals surface area contributed by atoms with Crippen molar-refractivity contribution < 1.29 is 22.7 Å². The van der Waals surface area contributed by atoms with Crippen molar-refractivity contribution in [3.8, 4) is 0 Å². The zero-order valence-corrected chi connectivity index (χ0v) is 17.1. The van der Waals surface area contributed by atoms with Crippen LogP contribution >= 0.6 is 0 Å². The molecule has 154 valence electrons. The number of benzene rings is 1. The van der Waals surface area contributed by atoms with Gasteiger partial charge >= 0.3 is 6.09 Å². The van der Waals surface area contributed by atoms with Crippen molar-refractivity contribution in [1.29, 1.82) is 0 Å². The quantitative estimate of drug-likeness (QED) is 0.711. The van der Waals surface area contributed by atoms with Crippen LogP contribution in [-0.2, 0) is 19.6 Å². The van der Waals surface area contributed by atoms with E-state index >= 15 is 0 Å². The fraction of sp³-hybridized carbons (Fsp3) is 0.579. The molecular formula is C19H27N3O5S. The molecule has 2 aliphatic rings. The summed E-state index contributed by atoms with van der Waals surface area (Å²) in [6.07, 6.45) is 1.81. The maximum Gasteiger partial charge on any atom is 0.410 e. The first-order valence-corrected chi connectivity index (χ1v) is 11.0. The van der Waals surface area contributed by atoms with Gasteiger partial charge in [-0.15, -0.1) is 0 Å². The lowest BCUT2D eigenvalue weighted by Gasteiger charge is -2.36. The van der Waals surface area contributed by atoms with E-state index in [2.05, 4.69) is 0 Å². The van der Waals surface area contributed by atoms with Crippen LogP contribution < -0.4 is 0 Å². The number of rotatable bonds is 6. The zero-order chi connectivity index (χ0) is 20.3. The molecule has 9 heteroatoms. The molecule has 1 atom stereocenters. The van der Waals surface area contributed by atoms with Crippen molar-refractivity contribution in [1.82, 2.24) is 14.1 Å². The van der Waals surface area contributed by atoms with Crippen LogP contribution in [0.2, 0.25) is 0 Å². The molecule has 2 saturated heterocycles. The molecule has 2 amide bonds. The molecule has 28 heavy (non-hydrogen) atoms. The van der Waals surface area contributed by atoms with E-state index in [0.29, 0.717) is 32.5 Å². The van der Waals surface area contributed by atoms with Gasteiger partial charge in [0.25, 0.3) is 0 Å². The Kier molecular flexibility index (Phi) is 6.24. The molecule has 2 aliphatic heterocycles. The summed E-state index contributed by atoms with van der Waals surface area (Å²) in [5.41, 5.74) is 0. The van der Waals surface area contributed by atoms with E-state index in [9.17, 15) is 18.0 Å². The predicted octanol–water partition coefficient (Wildman–Crippen LogP) is 1.53. The summed E-state index contributed by atoms with van der Waals surface area (Å²) in [6.45, 7) is 3.40. The smallest absolute Gasteiger partial charge is 0.410 e. The van der Waals surface area contributed by atoms with E-state index in [1.807, 2.05) is 6.92 Å².